The number of benzene rings is 2. The van der Waals surface area contributed by atoms with Gasteiger partial charge in [-0.2, -0.15) is 5.10 Å². The molecular weight excluding hydrogens is 307 g/mol. The number of rotatable bonds is 3. The predicted octanol–water partition coefficient (Wildman–Crippen LogP) is 4.34. The van der Waals surface area contributed by atoms with Crippen LogP contribution in [0.3, 0.4) is 0 Å². The minimum Gasteiger partial charge on any atom is -0.391 e. The van der Waals surface area contributed by atoms with Gasteiger partial charge in [-0.3, -0.25) is 0 Å². The predicted molar refractivity (Wildman–Crippen MR) is 84.9 cm³/mol. The fourth-order valence-electron chi connectivity index (χ4n) is 2.18. The summed E-state index contributed by atoms with van der Waals surface area (Å²) in [5.74, 6) is 0. The number of para-hydroxylation sites is 1. The van der Waals surface area contributed by atoms with E-state index < -0.39 is 0 Å². The van der Waals surface area contributed by atoms with Gasteiger partial charge >= 0.3 is 0 Å². The molecule has 3 aromatic rings. The average molecular weight is 319 g/mol. The molecule has 0 atom stereocenters. The van der Waals surface area contributed by atoms with Crippen LogP contribution in [0.4, 0.5) is 0 Å². The molecule has 2 aromatic carbocycles. The van der Waals surface area contributed by atoms with Crippen molar-refractivity contribution in [2.24, 2.45) is 0 Å². The fourth-order valence-corrected chi connectivity index (χ4v) is 2.69. The minimum atomic E-state index is -0.202. The van der Waals surface area contributed by atoms with E-state index in [4.69, 9.17) is 23.2 Å². The molecule has 0 fully saturated rings. The molecule has 1 heterocycles. The van der Waals surface area contributed by atoms with Crippen molar-refractivity contribution < 1.29 is 5.11 Å². The van der Waals surface area contributed by atoms with Crippen molar-refractivity contribution in [3.05, 3.63) is 70.3 Å². The van der Waals surface area contributed by atoms with E-state index in [9.17, 15) is 5.11 Å². The monoisotopic (exact) mass is 318 g/mol. The number of aromatic nitrogens is 2. The summed E-state index contributed by atoms with van der Waals surface area (Å²) < 4.78 is 1.60. The van der Waals surface area contributed by atoms with Gasteiger partial charge in [0.05, 0.1) is 17.3 Å². The number of nitrogens with zero attached hydrogens (tertiary/aromatic N) is 2. The van der Waals surface area contributed by atoms with Crippen LogP contribution in [0.25, 0.3) is 16.9 Å². The first-order chi connectivity index (χ1) is 10.2. The molecule has 3 rings (SSSR count). The van der Waals surface area contributed by atoms with Gasteiger partial charge in [0.25, 0.3) is 0 Å². The Kier molecular flexibility index (Phi) is 3.97. The van der Waals surface area contributed by atoms with Gasteiger partial charge in [0.15, 0.2) is 0 Å². The molecular formula is C16H12Cl2N2O. The molecule has 0 aliphatic carbocycles. The number of hydrogen-bond donors (Lipinski definition) is 1. The van der Waals surface area contributed by atoms with Crippen molar-refractivity contribution >= 4 is 23.2 Å². The maximum Gasteiger partial charge on any atom is 0.139 e. The Morgan fingerprint density at radius 1 is 0.952 bits per heavy atom. The third-order valence-electron chi connectivity index (χ3n) is 3.21. The third-order valence-corrected chi connectivity index (χ3v) is 3.93. The largest absolute Gasteiger partial charge is 0.391 e. The van der Waals surface area contributed by atoms with E-state index in [0.717, 1.165) is 11.3 Å². The second-order valence-electron chi connectivity index (χ2n) is 4.50. The normalized spacial score (nSPS) is 10.8. The Morgan fingerprint density at radius 2 is 1.62 bits per heavy atom. The van der Waals surface area contributed by atoms with Crippen LogP contribution in [0.15, 0.2) is 54.6 Å². The van der Waals surface area contributed by atoms with Gasteiger partial charge < -0.3 is 5.11 Å². The molecule has 0 aliphatic heterocycles. The van der Waals surface area contributed by atoms with Gasteiger partial charge in [-0.05, 0) is 18.2 Å². The first kappa shape index (κ1) is 14.1. The van der Waals surface area contributed by atoms with Crippen LogP contribution < -0.4 is 0 Å². The van der Waals surface area contributed by atoms with Crippen LogP contribution in [0.2, 0.25) is 10.2 Å². The summed E-state index contributed by atoms with van der Waals surface area (Å²) in [6, 6.07) is 16.9. The zero-order valence-corrected chi connectivity index (χ0v) is 12.5. The molecule has 0 amide bonds. The summed E-state index contributed by atoms with van der Waals surface area (Å²) in [5, 5.41) is 15.1. The highest BCUT2D eigenvalue weighted by Gasteiger charge is 2.19. The van der Waals surface area contributed by atoms with Gasteiger partial charge in [0.2, 0.25) is 0 Å². The van der Waals surface area contributed by atoms with Crippen molar-refractivity contribution in [1.29, 1.82) is 0 Å². The summed E-state index contributed by atoms with van der Waals surface area (Å²) in [5.41, 5.74) is 2.74. The Morgan fingerprint density at radius 3 is 2.29 bits per heavy atom. The zero-order chi connectivity index (χ0) is 14.8. The van der Waals surface area contributed by atoms with E-state index in [1.54, 1.807) is 10.7 Å². The van der Waals surface area contributed by atoms with Gasteiger partial charge in [0, 0.05) is 11.1 Å². The smallest absolute Gasteiger partial charge is 0.139 e. The van der Waals surface area contributed by atoms with E-state index in [-0.39, 0.29) is 6.61 Å². The molecule has 1 N–H and O–H groups in total. The molecule has 1 aromatic heterocycles. The Balaban J connectivity index is 2.22. The first-order valence-corrected chi connectivity index (χ1v) is 7.16. The number of halogens is 2. The molecule has 106 valence electrons. The van der Waals surface area contributed by atoms with Crippen LogP contribution in [0, 0.1) is 0 Å². The lowest BCUT2D eigenvalue weighted by Gasteiger charge is -2.02. The minimum absolute atomic E-state index is 0.202. The van der Waals surface area contributed by atoms with Crippen LogP contribution in [-0.4, -0.2) is 14.9 Å². The first-order valence-electron chi connectivity index (χ1n) is 6.41. The number of aliphatic hydroxyl groups excluding tert-OH is 1. The van der Waals surface area contributed by atoms with Crippen molar-refractivity contribution in [3.8, 4) is 16.9 Å². The lowest BCUT2D eigenvalue weighted by atomic mass is 10.1. The van der Waals surface area contributed by atoms with Gasteiger partial charge in [-0.15, -0.1) is 0 Å². The van der Waals surface area contributed by atoms with Crippen molar-refractivity contribution in [1.82, 2.24) is 9.78 Å². The van der Waals surface area contributed by atoms with Gasteiger partial charge in [0.1, 0.15) is 10.8 Å². The van der Waals surface area contributed by atoms with Crippen LogP contribution in [0.1, 0.15) is 5.56 Å². The summed E-state index contributed by atoms with van der Waals surface area (Å²) in [4.78, 5) is 0. The molecule has 0 bridgehead atoms. The molecule has 0 saturated carbocycles. The van der Waals surface area contributed by atoms with Crippen LogP contribution in [-0.2, 0) is 6.61 Å². The Bertz CT molecular complexity index is 769. The fraction of sp³-hybridized carbons (Fsp3) is 0.0625. The van der Waals surface area contributed by atoms with Crippen molar-refractivity contribution in [2.45, 2.75) is 6.61 Å². The summed E-state index contributed by atoms with van der Waals surface area (Å²) in [6.45, 7) is -0.202. The molecule has 0 radical (unpaired) electrons. The van der Waals surface area contributed by atoms with Crippen LogP contribution >= 0.6 is 23.2 Å². The Labute approximate surface area is 132 Å². The Hall–Kier alpha value is -1.81. The highest BCUT2D eigenvalue weighted by molar-refractivity contribution is 6.34. The molecule has 5 heteroatoms. The van der Waals surface area contributed by atoms with Crippen LogP contribution in [0.5, 0.6) is 0 Å². The van der Waals surface area contributed by atoms with E-state index in [1.165, 1.54) is 0 Å². The number of hydrogen-bond acceptors (Lipinski definition) is 2. The third kappa shape index (κ3) is 2.56. The van der Waals surface area contributed by atoms with Gasteiger partial charge in [-0.1, -0.05) is 59.6 Å². The van der Waals surface area contributed by atoms with Crippen molar-refractivity contribution in [2.75, 3.05) is 0 Å². The summed E-state index contributed by atoms with van der Waals surface area (Å²) >= 11 is 12.6. The molecule has 21 heavy (non-hydrogen) atoms. The zero-order valence-electron chi connectivity index (χ0n) is 11.0. The maximum atomic E-state index is 9.63. The lowest BCUT2D eigenvalue weighted by molar-refractivity contribution is 0.282. The number of aliphatic hydroxyl groups is 1. The molecule has 0 aliphatic rings. The SMILES string of the molecule is OCc1c(-c2ccccc2Cl)nn(-c2ccccc2)c1Cl. The standard InChI is InChI=1S/C16H12Cl2N2O/c17-14-9-5-4-8-12(14)15-13(10-21)16(18)20(19-15)11-6-2-1-3-7-11/h1-9,21H,10H2. The van der Waals surface area contributed by atoms with Gasteiger partial charge in [-0.25, -0.2) is 4.68 Å². The average Bonchev–Trinajstić information content (AvgIpc) is 2.85. The van der Waals surface area contributed by atoms with E-state index in [2.05, 4.69) is 5.10 Å². The van der Waals surface area contributed by atoms with E-state index >= 15 is 0 Å². The second-order valence-corrected chi connectivity index (χ2v) is 5.27. The topological polar surface area (TPSA) is 38.1 Å². The highest BCUT2D eigenvalue weighted by atomic mass is 35.5. The molecule has 3 nitrogen and oxygen atoms in total. The van der Waals surface area contributed by atoms with Crippen molar-refractivity contribution in [3.63, 3.8) is 0 Å². The maximum absolute atomic E-state index is 9.63. The molecule has 0 spiro atoms. The quantitative estimate of drug-likeness (QED) is 0.780. The van der Waals surface area contributed by atoms with E-state index in [0.29, 0.717) is 21.4 Å². The molecule has 0 saturated heterocycles. The van der Waals surface area contributed by atoms with E-state index in [1.807, 2.05) is 48.5 Å². The highest BCUT2D eigenvalue weighted by Crippen LogP contribution is 2.34. The molecule has 0 unspecified atom stereocenters. The lowest BCUT2D eigenvalue weighted by Crippen LogP contribution is -1.96. The summed E-state index contributed by atoms with van der Waals surface area (Å²) in [6.07, 6.45) is 0. The second kappa shape index (κ2) is 5.90. The summed E-state index contributed by atoms with van der Waals surface area (Å²) in [7, 11) is 0.